The number of anilines is 2. The average Bonchev–Trinajstić information content (AvgIpc) is 2.48. The van der Waals surface area contributed by atoms with Crippen molar-refractivity contribution >= 4 is 23.3 Å². The topological polar surface area (TPSA) is 79.5 Å². The van der Waals surface area contributed by atoms with Crippen molar-refractivity contribution in [1.29, 1.82) is 0 Å². The highest BCUT2D eigenvalue weighted by atomic mass is 16.5. The molecule has 0 unspecified atom stereocenters. The van der Waals surface area contributed by atoms with Gasteiger partial charge in [-0.3, -0.25) is 4.79 Å². The molecule has 122 valence electrons. The van der Waals surface area contributed by atoms with Gasteiger partial charge in [-0.2, -0.15) is 0 Å². The van der Waals surface area contributed by atoms with Crippen LogP contribution in [0.25, 0.3) is 0 Å². The largest absolute Gasteiger partial charge is 0.494 e. The Hall–Kier alpha value is -2.24. The van der Waals surface area contributed by atoms with Crippen LogP contribution in [0.4, 0.5) is 16.2 Å². The van der Waals surface area contributed by atoms with Crippen molar-refractivity contribution < 1.29 is 14.3 Å². The van der Waals surface area contributed by atoms with Crippen LogP contribution in [0.5, 0.6) is 5.75 Å². The van der Waals surface area contributed by atoms with Crippen LogP contribution < -0.4 is 20.7 Å². The molecular weight excluding hydrogens is 282 g/mol. The molecule has 0 heterocycles. The van der Waals surface area contributed by atoms with Crippen molar-refractivity contribution in [2.24, 2.45) is 0 Å². The Kier molecular flexibility index (Phi) is 7.81. The average molecular weight is 307 g/mol. The summed E-state index contributed by atoms with van der Waals surface area (Å²) in [5, 5.41) is 8.23. The van der Waals surface area contributed by atoms with E-state index in [1.807, 2.05) is 0 Å². The number of unbranched alkanes of at least 4 members (excludes halogenated alkanes) is 3. The molecule has 0 aliphatic rings. The van der Waals surface area contributed by atoms with Crippen molar-refractivity contribution in [1.82, 2.24) is 5.32 Å². The van der Waals surface area contributed by atoms with Crippen molar-refractivity contribution in [3.05, 3.63) is 18.2 Å². The van der Waals surface area contributed by atoms with Gasteiger partial charge in [0, 0.05) is 25.2 Å². The first-order chi connectivity index (χ1) is 10.6. The van der Waals surface area contributed by atoms with E-state index in [9.17, 15) is 9.59 Å². The minimum absolute atomic E-state index is 0.177. The van der Waals surface area contributed by atoms with Gasteiger partial charge in [0.05, 0.1) is 12.8 Å². The minimum atomic E-state index is -0.245. The summed E-state index contributed by atoms with van der Waals surface area (Å²) in [5.41, 5.74) is 1.18. The number of hydrogen-bond donors (Lipinski definition) is 3. The summed E-state index contributed by atoms with van der Waals surface area (Å²) in [6, 6.07) is 4.83. The number of methoxy groups -OCH3 is 1. The first kappa shape index (κ1) is 17.8. The Bertz CT molecular complexity index is 503. The van der Waals surface area contributed by atoms with E-state index in [1.54, 1.807) is 18.2 Å². The molecule has 3 N–H and O–H groups in total. The third-order valence-electron chi connectivity index (χ3n) is 3.09. The number of nitrogens with one attached hydrogen (secondary N) is 3. The second kappa shape index (κ2) is 9.65. The summed E-state index contributed by atoms with van der Waals surface area (Å²) in [5.74, 6) is 0.319. The maximum absolute atomic E-state index is 11.8. The van der Waals surface area contributed by atoms with E-state index in [0.717, 1.165) is 12.8 Å². The van der Waals surface area contributed by atoms with Gasteiger partial charge in [0.25, 0.3) is 0 Å². The number of carbonyl (C=O) groups excluding carboxylic acids is 2. The van der Waals surface area contributed by atoms with Gasteiger partial charge in [0.15, 0.2) is 0 Å². The van der Waals surface area contributed by atoms with Crippen LogP contribution in [-0.4, -0.2) is 25.6 Å². The summed E-state index contributed by atoms with van der Waals surface area (Å²) in [4.78, 5) is 22.9. The predicted molar refractivity (Wildman–Crippen MR) is 88.5 cm³/mol. The first-order valence-corrected chi connectivity index (χ1v) is 7.57. The third-order valence-corrected chi connectivity index (χ3v) is 3.09. The van der Waals surface area contributed by atoms with E-state index < -0.39 is 0 Å². The van der Waals surface area contributed by atoms with Crippen LogP contribution in [-0.2, 0) is 4.79 Å². The lowest BCUT2D eigenvalue weighted by atomic mass is 10.2. The van der Waals surface area contributed by atoms with Crippen LogP contribution in [0.1, 0.15) is 39.5 Å². The molecule has 0 atom stereocenters. The normalized spacial score (nSPS) is 9.95. The lowest BCUT2D eigenvalue weighted by Crippen LogP contribution is -2.29. The molecule has 22 heavy (non-hydrogen) atoms. The van der Waals surface area contributed by atoms with Crippen LogP contribution in [0, 0.1) is 0 Å². The molecule has 6 nitrogen and oxygen atoms in total. The SMILES string of the molecule is CCCCCCNC(=O)Nc1ccc(NC(C)=O)c(OC)c1. The fourth-order valence-corrected chi connectivity index (χ4v) is 1.99. The van der Waals surface area contributed by atoms with Crippen molar-refractivity contribution in [2.45, 2.75) is 39.5 Å². The number of rotatable bonds is 8. The van der Waals surface area contributed by atoms with Gasteiger partial charge in [-0.15, -0.1) is 0 Å². The lowest BCUT2D eigenvalue weighted by molar-refractivity contribution is -0.114. The van der Waals surface area contributed by atoms with Gasteiger partial charge in [0.1, 0.15) is 5.75 Å². The highest BCUT2D eigenvalue weighted by molar-refractivity contribution is 5.93. The Morgan fingerprint density at radius 3 is 2.55 bits per heavy atom. The fraction of sp³-hybridized carbons (Fsp3) is 0.500. The molecule has 0 bridgehead atoms. The molecule has 0 aromatic heterocycles. The molecule has 1 rings (SSSR count). The highest BCUT2D eigenvalue weighted by Gasteiger charge is 2.07. The number of ether oxygens (including phenoxy) is 1. The van der Waals surface area contributed by atoms with Gasteiger partial charge < -0.3 is 20.7 Å². The zero-order chi connectivity index (χ0) is 16.4. The van der Waals surface area contributed by atoms with E-state index in [-0.39, 0.29) is 11.9 Å². The molecule has 1 aromatic rings. The first-order valence-electron chi connectivity index (χ1n) is 7.57. The van der Waals surface area contributed by atoms with E-state index in [4.69, 9.17) is 4.74 Å². The monoisotopic (exact) mass is 307 g/mol. The minimum Gasteiger partial charge on any atom is -0.494 e. The van der Waals surface area contributed by atoms with Crippen molar-refractivity contribution in [3.8, 4) is 5.75 Å². The number of hydrogen-bond acceptors (Lipinski definition) is 3. The second-order valence-corrected chi connectivity index (χ2v) is 5.04. The lowest BCUT2D eigenvalue weighted by Gasteiger charge is -2.12. The van der Waals surface area contributed by atoms with Crippen LogP contribution in [0.15, 0.2) is 18.2 Å². The van der Waals surface area contributed by atoms with Gasteiger partial charge >= 0.3 is 6.03 Å². The van der Waals surface area contributed by atoms with Crippen LogP contribution >= 0.6 is 0 Å². The molecule has 0 saturated heterocycles. The summed E-state index contributed by atoms with van der Waals surface area (Å²) in [7, 11) is 1.51. The smallest absolute Gasteiger partial charge is 0.319 e. The zero-order valence-electron chi connectivity index (χ0n) is 13.5. The maximum atomic E-state index is 11.8. The molecule has 3 amide bonds. The van der Waals surface area contributed by atoms with Crippen molar-refractivity contribution in [3.63, 3.8) is 0 Å². The Balaban J connectivity index is 2.51. The molecule has 0 radical (unpaired) electrons. The maximum Gasteiger partial charge on any atom is 0.319 e. The summed E-state index contributed by atoms with van der Waals surface area (Å²) in [6.07, 6.45) is 4.46. The predicted octanol–water partition coefficient (Wildman–Crippen LogP) is 3.36. The quantitative estimate of drug-likeness (QED) is 0.644. The van der Waals surface area contributed by atoms with Gasteiger partial charge in [0.2, 0.25) is 5.91 Å². The molecule has 0 aliphatic heterocycles. The standard InChI is InChI=1S/C16H25N3O3/c1-4-5-6-7-10-17-16(21)19-13-8-9-14(18-12(2)20)15(11-13)22-3/h8-9,11H,4-7,10H2,1-3H3,(H,18,20)(H2,17,19,21). The summed E-state index contributed by atoms with van der Waals surface area (Å²) < 4.78 is 5.21. The van der Waals surface area contributed by atoms with E-state index in [2.05, 4.69) is 22.9 Å². The highest BCUT2D eigenvalue weighted by Crippen LogP contribution is 2.27. The molecule has 6 heteroatoms. The molecule has 1 aromatic carbocycles. The molecule has 0 aliphatic carbocycles. The second-order valence-electron chi connectivity index (χ2n) is 5.04. The summed E-state index contributed by atoms with van der Waals surface area (Å²) >= 11 is 0. The number of amides is 3. The molecule has 0 saturated carbocycles. The van der Waals surface area contributed by atoms with E-state index >= 15 is 0 Å². The summed E-state index contributed by atoms with van der Waals surface area (Å²) in [6.45, 7) is 4.24. The molecular formula is C16H25N3O3. The number of benzene rings is 1. The van der Waals surface area contributed by atoms with Gasteiger partial charge in [-0.25, -0.2) is 4.79 Å². The molecule has 0 fully saturated rings. The Morgan fingerprint density at radius 2 is 1.91 bits per heavy atom. The van der Waals surface area contributed by atoms with Crippen LogP contribution in [0.3, 0.4) is 0 Å². The molecule has 0 spiro atoms. The zero-order valence-corrected chi connectivity index (χ0v) is 13.5. The van der Waals surface area contributed by atoms with E-state index in [0.29, 0.717) is 23.7 Å². The number of urea groups is 1. The Labute approximate surface area is 131 Å². The Morgan fingerprint density at radius 1 is 1.14 bits per heavy atom. The van der Waals surface area contributed by atoms with Gasteiger partial charge in [-0.05, 0) is 18.6 Å². The van der Waals surface area contributed by atoms with Crippen LogP contribution in [0.2, 0.25) is 0 Å². The number of carbonyl (C=O) groups is 2. The van der Waals surface area contributed by atoms with Gasteiger partial charge in [-0.1, -0.05) is 26.2 Å². The van der Waals surface area contributed by atoms with E-state index in [1.165, 1.54) is 26.9 Å². The fourth-order valence-electron chi connectivity index (χ4n) is 1.99. The van der Waals surface area contributed by atoms with Crippen molar-refractivity contribution in [2.75, 3.05) is 24.3 Å². The third kappa shape index (κ3) is 6.47.